The van der Waals surface area contributed by atoms with Crippen LogP contribution in [0.5, 0.6) is 0 Å². The number of nitrogens with one attached hydrogen (secondary N) is 1. The maximum Gasteiger partial charge on any atom is 0.0660 e. The van der Waals surface area contributed by atoms with Crippen molar-refractivity contribution in [2.45, 2.75) is 25.4 Å². The zero-order chi connectivity index (χ0) is 12.9. The molecule has 2 aromatic rings. The summed E-state index contributed by atoms with van der Waals surface area (Å²) in [4.78, 5) is 0. The predicted octanol–water partition coefficient (Wildman–Crippen LogP) is 3.24. The molecule has 0 unspecified atom stereocenters. The first-order valence-electron chi connectivity index (χ1n) is 6.81. The number of hydrogen-bond acceptors (Lipinski definition) is 3. The third kappa shape index (κ3) is 3.53. The third-order valence-electron chi connectivity index (χ3n) is 3.42. The molecule has 0 atom stereocenters. The molecule has 1 fully saturated rings. The van der Waals surface area contributed by atoms with Gasteiger partial charge in [0.1, 0.15) is 0 Å². The van der Waals surface area contributed by atoms with Gasteiger partial charge in [-0.2, -0.15) is 16.9 Å². The summed E-state index contributed by atoms with van der Waals surface area (Å²) >= 11 is 2.06. The van der Waals surface area contributed by atoms with Crippen molar-refractivity contribution in [3.05, 3.63) is 48.3 Å². The van der Waals surface area contributed by atoms with Crippen LogP contribution in [0, 0.1) is 0 Å². The zero-order valence-electron chi connectivity index (χ0n) is 11.0. The minimum Gasteiger partial charge on any atom is -0.382 e. The minimum atomic E-state index is 0.640. The summed E-state index contributed by atoms with van der Waals surface area (Å²) in [6.07, 6.45) is 6.36. The molecule has 19 heavy (non-hydrogen) atoms. The number of thioether (sulfide) groups is 1. The Morgan fingerprint density at radius 2 is 2.16 bits per heavy atom. The fourth-order valence-electron chi connectivity index (χ4n) is 2.42. The Morgan fingerprint density at radius 3 is 2.95 bits per heavy atom. The van der Waals surface area contributed by atoms with Gasteiger partial charge in [0.2, 0.25) is 0 Å². The van der Waals surface area contributed by atoms with Crippen LogP contribution in [0.15, 0.2) is 42.7 Å². The van der Waals surface area contributed by atoms with Crippen LogP contribution in [0.2, 0.25) is 0 Å². The van der Waals surface area contributed by atoms with Crippen LogP contribution in [0.1, 0.15) is 18.4 Å². The molecule has 1 aliphatic heterocycles. The first-order chi connectivity index (χ1) is 9.40. The van der Waals surface area contributed by atoms with Gasteiger partial charge in [-0.15, -0.1) is 0 Å². The second-order valence-corrected chi connectivity index (χ2v) is 6.16. The summed E-state index contributed by atoms with van der Waals surface area (Å²) in [5, 5.41) is 7.91. The van der Waals surface area contributed by atoms with Crippen molar-refractivity contribution in [1.82, 2.24) is 9.78 Å². The lowest BCUT2D eigenvalue weighted by Gasteiger charge is -2.23. The molecule has 0 spiro atoms. The lowest BCUT2D eigenvalue weighted by atomic mass is 10.1. The van der Waals surface area contributed by atoms with E-state index in [-0.39, 0.29) is 0 Å². The van der Waals surface area contributed by atoms with Crippen molar-refractivity contribution in [2.75, 3.05) is 16.8 Å². The summed E-state index contributed by atoms with van der Waals surface area (Å²) in [5.41, 5.74) is 2.53. The van der Waals surface area contributed by atoms with Crippen molar-refractivity contribution in [3.8, 4) is 0 Å². The lowest BCUT2D eigenvalue weighted by Crippen LogP contribution is -2.24. The Bertz CT molecular complexity index is 504. The fourth-order valence-corrected chi connectivity index (χ4v) is 3.52. The van der Waals surface area contributed by atoms with Gasteiger partial charge in [-0.25, -0.2) is 0 Å². The van der Waals surface area contributed by atoms with Crippen LogP contribution in [0.3, 0.4) is 0 Å². The molecular weight excluding hydrogens is 254 g/mol. The van der Waals surface area contributed by atoms with E-state index in [1.54, 1.807) is 0 Å². The van der Waals surface area contributed by atoms with E-state index in [0.717, 1.165) is 6.54 Å². The Kier molecular flexibility index (Phi) is 4.08. The quantitative estimate of drug-likeness (QED) is 0.927. The van der Waals surface area contributed by atoms with E-state index in [9.17, 15) is 0 Å². The Hall–Kier alpha value is -1.42. The molecular formula is C15H19N3S. The molecule has 100 valence electrons. The smallest absolute Gasteiger partial charge is 0.0660 e. The van der Waals surface area contributed by atoms with Crippen molar-refractivity contribution < 1.29 is 0 Å². The highest BCUT2D eigenvalue weighted by atomic mass is 32.2. The predicted molar refractivity (Wildman–Crippen MR) is 81.7 cm³/mol. The molecule has 4 heteroatoms. The molecule has 0 bridgehead atoms. The van der Waals surface area contributed by atoms with Crippen LogP contribution >= 0.6 is 11.8 Å². The first-order valence-corrected chi connectivity index (χ1v) is 7.96. The monoisotopic (exact) mass is 273 g/mol. The van der Waals surface area contributed by atoms with Gasteiger partial charge in [-0.1, -0.05) is 12.1 Å². The Morgan fingerprint density at radius 1 is 1.26 bits per heavy atom. The molecule has 0 amide bonds. The molecule has 0 radical (unpaired) electrons. The second-order valence-electron chi connectivity index (χ2n) is 4.94. The van der Waals surface area contributed by atoms with Gasteiger partial charge in [0.25, 0.3) is 0 Å². The van der Waals surface area contributed by atoms with Gasteiger partial charge >= 0.3 is 0 Å². The summed E-state index contributed by atoms with van der Waals surface area (Å²) in [6, 6.07) is 11.3. The highest BCUT2D eigenvalue weighted by molar-refractivity contribution is 7.99. The van der Waals surface area contributed by atoms with E-state index < -0.39 is 0 Å². The van der Waals surface area contributed by atoms with Crippen LogP contribution in [0.25, 0.3) is 0 Å². The standard InChI is InChI=1S/C15H19N3S/c1-3-13(12-18-8-2-7-16-18)11-15(4-1)17-14-5-9-19-10-6-14/h1-4,7-8,11,14,17H,5-6,9-10,12H2. The van der Waals surface area contributed by atoms with E-state index >= 15 is 0 Å². The van der Waals surface area contributed by atoms with E-state index in [1.807, 2.05) is 23.1 Å². The largest absolute Gasteiger partial charge is 0.382 e. The van der Waals surface area contributed by atoms with Gasteiger partial charge in [0.05, 0.1) is 6.54 Å². The number of benzene rings is 1. The van der Waals surface area contributed by atoms with Gasteiger partial charge in [-0.3, -0.25) is 4.68 Å². The maximum atomic E-state index is 4.25. The summed E-state index contributed by atoms with van der Waals surface area (Å²) < 4.78 is 1.95. The average Bonchev–Trinajstić information content (AvgIpc) is 2.93. The minimum absolute atomic E-state index is 0.640. The van der Waals surface area contributed by atoms with E-state index in [4.69, 9.17) is 0 Å². The van der Waals surface area contributed by atoms with Crippen LogP contribution in [-0.4, -0.2) is 27.3 Å². The Balaban J connectivity index is 1.65. The lowest BCUT2D eigenvalue weighted by molar-refractivity contribution is 0.665. The zero-order valence-corrected chi connectivity index (χ0v) is 11.8. The molecule has 1 aromatic carbocycles. The Labute approximate surface area is 118 Å². The van der Waals surface area contributed by atoms with Gasteiger partial charge in [0.15, 0.2) is 0 Å². The van der Waals surface area contributed by atoms with Crippen molar-refractivity contribution in [2.24, 2.45) is 0 Å². The summed E-state index contributed by atoms with van der Waals surface area (Å²) in [5.74, 6) is 2.56. The van der Waals surface area contributed by atoms with Gasteiger partial charge in [-0.05, 0) is 48.1 Å². The van der Waals surface area contributed by atoms with Crippen molar-refractivity contribution in [1.29, 1.82) is 0 Å². The van der Waals surface area contributed by atoms with Crippen LogP contribution in [0.4, 0.5) is 5.69 Å². The summed E-state index contributed by atoms with van der Waals surface area (Å²) in [7, 11) is 0. The molecule has 1 saturated heterocycles. The molecule has 1 N–H and O–H groups in total. The molecule has 2 heterocycles. The highest BCUT2D eigenvalue weighted by Gasteiger charge is 2.13. The van der Waals surface area contributed by atoms with Gasteiger partial charge in [0, 0.05) is 24.1 Å². The second kappa shape index (κ2) is 6.15. The maximum absolute atomic E-state index is 4.25. The number of anilines is 1. The van der Waals surface area contributed by atoms with Crippen molar-refractivity contribution in [3.63, 3.8) is 0 Å². The van der Waals surface area contributed by atoms with Crippen molar-refractivity contribution >= 4 is 17.4 Å². The van der Waals surface area contributed by atoms with Gasteiger partial charge < -0.3 is 5.32 Å². The third-order valence-corrected chi connectivity index (χ3v) is 4.47. The molecule has 1 aliphatic rings. The van der Waals surface area contributed by atoms with E-state index in [0.29, 0.717) is 6.04 Å². The molecule has 0 aliphatic carbocycles. The number of aromatic nitrogens is 2. The normalized spacial score (nSPS) is 16.4. The molecule has 1 aromatic heterocycles. The molecule has 0 saturated carbocycles. The molecule has 3 nitrogen and oxygen atoms in total. The SMILES string of the molecule is c1cc(Cn2cccn2)cc(NC2CCSCC2)c1. The topological polar surface area (TPSA) is 29.9 Å². The molecule has 3 rings (SSSR count). The highest BCUT2D eigenvalue weighted by Crippen LogP contribution is 2.21. The fraction of sp³-hybridized carbons (Fsp3) is 0.400. The number of hydrogen-bond donors (Lipinski definition) is 1. The number of nitrogens with zero attached hydrogens (tertiary/aromatic N) is 2. The number of rotatable bonds is 4. The van der Waals surface area contributed by atoms with E-state index in [2.05, 4.69) is 46.4 Å². The average molecular weight is 273 g/mol. The van der Waals surface area contributed by atoms with Crippen LogP contribution < -0.4 is 5.32 Å². The van der Waals surface area contributed by atoms with Crippen LogP contribution in [-0.2, 0) is 6.54 Å². The van der Waals surface area contributed by atoms with E-state index in [1.165, 1.54) is 35.6 Å². The first kappa shape index (κ1) is 12.6. The summed E-state index contributed by atoms with van der Waals surface area (Å²) in [6.45, 7) is 0.836.